The van der Waals surface area contributed by atoms with Crippen molar-refractivity contribution in [3.05, 3.63) is 60.8 Å². The molecule has 3 unspecified atom stereocenters. The first-order valence-electron chi connectivity index (χ1n) is 19.8. The van der Waals surface area contributed by atoms with Crippen LogP contribution in [0.2, 0.25) is 0 Å². The van der Waals surface area contributed by atoms with Gasteiger partial charge in [-0.25, -0.2) is 0 Å². The molecule has 0 aromatic rings. The molecule has 0 aromatic carbocycles. The Hall–Kier alpha value is -1.84. The topological polar surface area (TPSA) is 120 Å². The van der Waals surface area contributed by atoms with Gasteiger partial charge in [0.15, 0.2) is 0 Å². The number of epoxide rings is 1. The van der Waals surface area contributed by atoms with Crippen LogP contribution in [-0.2, 0) is 23.1 Å². The fourth-order valence-electron chi connectivity index (χ4n) is 5.31. The molecule has 1 amide bonds. The summed E-state index contributed by atoms with van der Waals surface area (Å²) >= 11 is 0. The number of unbranched alkanes of at least 4 members (excludes halogenated alkanes) is 9. The molecular weight excluding hydrogens is 663 g/mol. The van der Waals surface area contributed by atoms with Crippen molar-refractivity contribution < 1.29 is 37.6 Å². The van der Waals surface area contributed by atoms with Crippen LogP contribution in [0.4, 0.5) is 0 Å². The van der Waals surface area contributed by atoms with E-state index < -0.39 is 26.6 Å². The number of amides is 1. The average Bonchev–Trinajstić information content (AvgIpc) is 3.82. The molecule has 1 saturated heterocycles. The molecule has 1 aliphatic rings. The van der Waals surface area contributed by atoms with Crippen LogP contribution in [0.1, 0.15) is 129 Å². The number of quaternary nitrogens is 1. The van der Waals surface area contributed by atoms with E-state index in [0.717, 1.165) is 44.9 Å². The number of ether oxygens (including phenoxy) is 1. The molecule has 2 N–H and O–H groups in total. The van der Waals surface area contributed by atoms with E-state index in [0.29, 0.717) is 17.4 Å². The van der Waals surface area contributed by atoms with Gasteiger partial charge in [-0.05, 0) is 70.6 Å². The molecule has 294 valence electrons. The average molecular weight is 737 g/mol. The highest BCUT2D eigenvalue weighted by molar-refractivity contribution is 7.45. The number of nitrogens with one attached hydrogen (secondary N) is 1. The number of rotatable bonds is 33. The van der Waals surface area contributed by atoms with E-state index in [1.54, 1.807) is 6.08 Å². The first-order valence-corrected chi connectivity index (χ1v) is 21.2. The fourth-order valence-corrected chi connectivity index (χ4v) is 6.03. The van der Waals surface area contributed by atoms with Gasteiger partial charge in [-0.15, -0.1) is 0 Å². The zero-order chi connectivity index (χ0) is 37.6. The number of hydrogen-bond acceptors (Lipinski definition) is 7. The zero-order valence-electron chi connectivity index (χ0n) is 32.7. The lowest BCUT2D eigenvalue weighted by Gasteiger charge is -2.29. The molecule has 1 aliphatic heterocycles. The molecule has 1 rings (SSSR count). The smallest absolute Gasteiger partial charge is 0.268 e. The standard InChI is InChI=1S/C41H73N2O7P/c1-6-8-10-12-14-16-18-20-22-24-26-28-31-39-40(50-39)32-29-33-41(45)42-37(36-49-51(46,47)48-35-34-43(3,4)5)38(44)30-27-25-23-21-19-17-15-13-11-9-7-2/h14,16,19-22,26-28,30,37-40,44H,6-13,15,17-18,23-25,29,31-36H2,1-5H3,(H-,42,45,46,47)/b16-14-,21-19-,22-20-,28-26-,30-27+/t37-,38+,39?,40?/m0/s1. The van der Waals surface area contributed by atoms with Crippen molar-refractivity contribution in [2.45, 2.75) is 154 Å². The van der Waals surface area contributed by atoms with Gasteiger partial charge < -0.3 is 33.6 Å². The van der Waals surface area contributed by atoms with Gasteiger partial charge in [-0.2, -0.15) is 0 Å². The van der Waals surface area contributed by atoms with Crippen molar-refractivity contribution in [3.63, 3.8) is 0 Å². The predicted octanol–water partition coefficient (Wildman–Crippen LogP) is 8.65. The Morgan fingerprint density at radius 3 is 2.10 bits per heavy atom. The maximum Gasteiger partial charge on any atom is 0.268 e. The van der Waals surface area contributed by atoms with Crippen LogP contribution < -0.4 is 10.2 Å². The van der Waals surface area contributed by atoms with E-state index in [9.17, 15) is 19.4 Å². The normalized spacial score (nSPS) is 19.2. The van der Waals surface area contributed by atoms with Crippen molar-refractivity contribution in [3.8, 4) is 0 Å². The number of phosphoric acid groups is 1. The molecule has 0 radical (unpaired) electrons. The van der Waals surface area contributed by atoms with E-state index >= 15 is 0 Å². The molecule has 5 atom stereocenters. The first kappa shape index (κ1) is 47.2. The summed E-state index contributed by atoms with van der Waals surface area (Å²) < 4.78 is 28.9. The lowest BCUT2D eigenvalue weighted by Crippen LogP contribution is -2.45. The summed E-state index contributed by atoms with van der Waals surface area (Å²) in [5.74, 6) is -0.274. The van der Waals surface area contributed by atoms with Gasteiger partial charge in [0, 0.05) is 6.42 Å². The Balaban J connectivity index is 2.46. The number of nitrogens with zero attached hydrogens (tertiary/aromatic N) is 1. The van der Waals surface area contributed by atoms with Crippen LogP contribution >= 0.6 is 7.82 Å². The molecule has 0 saturated carbocycles. The number of allylic oxidation sites excluding steroid dienone is 8. The first-order chi connectivity index (χ1) is 24.5. The predicted molar refractivity (Wildman–Crippen MR) is 209 cm³/mol. The maximum atomic E-state index is 12.9. The summed E-state index contributed by atoms with van der Waals surface area (Å²) in [6, 6.07) is -0.942. The highest BCUT2D eigenvalue weighted by atomic mass is 31.2. The number of hydrogen-bond donors (Lipinski definition) is 2. The van der Waals surface area contributed by atoms with Gasteiger partial charge in [0.25, 0.3) is 7.82 Å². The van der Waals surface area contributed by atoms with Gasteiger partial charge in [-0.3, -0.25) is 9.36 Å². The SMILES string of the molecule is CCCCC/C=C\C/C=C\C/C=C\CC1OC1CCCC(=O)N[C@@H](COP(=O)([O-])OCC[N+](C)(C)C)[C@H](O)/C=C/CC/C=C\CCCCCCC. The van der Waals surface area contributed by atoms with Gasteiger partial charge in [0.2, 0.25) is 5.91 Å². The summed E-state index contributed by atoms with van der Waals surface area (Å²) in [6.07, 6.45) is 38.6. The quantitative estimate of drug-likeness (QED) is 0.0228. The molecule has 10 heteroatoms. The molecule has 0 spiro atoms. The molecular formula is C41H73N2O7P. The van der Waals surface area contributed by atoms with E-state index in [2.05, 4.69) is 67.8 Å². The molecule has 0 aliphatic carbocycles. The molecule has 0 aromatic heterocycles. The lowest BCUT2D eigenvalue weighted by molar-refractivity contribution is -0.870. The third kappa shape index (κ3) is 29.3. The van der Waals surface area contributed by atoms with Crippen molar-refractivity contribution in [1.82, 2.24) is 5.32 Å². The van der Waals surface area contributed by atoms with Crippen LogP contribution in [0, 0.1) is 0 Å². The third-order valence-corrected chi connectivity index (χ3v) is 9.59. The van der Waals surface area contributed by atoms with Crippen molar-refractivity contribution >= 4 is 13.7 Å². The summed E-state index contributed by atoms with van der Waals surface area (Å²) in [4.78, 5) is 25.3. The van der Waals surface area contributed by atoms with E-state index in [4.69, 9.17) is 13.8 Å². The number of carbonyl (C=O) groups excluding carboxylic acids is 1. The third-order valence-electron chi connectivity index (χ3n) is 8.62. The Morgan fingerprint density at radius 1 is 0.804 bits per heavy atom. The highest BCUT2D eigenvalue weighted by Crippen LogP contribution is 2.38. The Morgan fingerprint density at radius 2 is 1.39 bits per heavy atom. The van der Waals surface area contributed by atoms with Gasteiger partial charge in [-0.1, -0.05) is 113 Å². The Bertz CT molecular complexity index is 1080. The number of aliphatic hydroxyl groups is 1. The second-order valence-corrected chi connectivity index (χ2v) is 16.1. The van der Waals surface area contributed by atoms with Crippen molar-refractivity contribution in [1.29, 1.82) is 0 Å². The largest absolute Gasteiger partial charge is 0.756 e. The van der Waals surface area contributed by atoms with Gasteiger partial charge in [0.05, 0.1) is 52.1 Å². The number of carbonyl (C=O) groups is 1. The van der Waals surface area contributed by atoms with Crippen LogP contribution in [-0.4, -0.2) is 80.8 Å². The molecule has 9 nitrogen and oxygen atoms in total. The summed E-state index contributed by atoms with van der Waals surface area (Å²) in [7, 11) is 1.18. The van der Waals surface area contributed by atoms with Crippen molar-refractivity contribution in [2.75, 3.05) is 40.9 Å². The van der Waals surface area contributed by atoms with Crippen LogP contribution in [0.3, 0.4) is 0 Å². The fraction of sp³-hybridized carbons (Fsp3) is 0.732. The number of likely N-dealkylation sites (N-methyl/N-ethyl adjacent to an activating group) is 1. The van der Waals surface area contributed by atoms with E-state index in [1.807, 2.05) is 27.2 Å². The van der Waals surface area contributed by atoms with Crippen LogP contribution in [0.25, 0.3) is 0 Å². The molecule has 51 heavy (non-hydrogen) atoms. The second-order valence-electron chi connectivity index (χ2n) is 14.7. The molecule has 0 bridgehead atoms. The van der Waals surface area contributed by atoms with Crippen molar-refractivity contribution in [2.24, 2.45) is 0 Å². The summed E-state index contributed by atoms with van der Waals surface area (Å²) in [5, 5.41) is 13.7. The summed E-state index contributed by atoms with van der Waals surface area (Å²) in [5.41, 5.74) is 0. The maximum absolute atomic E-state index is 12.9. The second kappa shape index (κ2) is 29.6. The number of aliphatic hydroxyl groups excluding tert-OH is 1. The minimum Gasteiger partial charge on any atom is -0.756 e. The minimum atomic E-state index is -4.61. The van der Waals surface area contributed by atoms with Crippen LogP contribution in [0.15, 0.2) is 60.8 Å². The van der Waals surface area contributed by atoms with E-state index in [-0.39, 0.29) is 31.1 Å². The van der Waals surface area contributed by atoms with Crippen LogP contribution in [0.5, 0.6) is 0 Å². The summed E-state index contributed by atoms with van der Waals surface area (Å²) in [6.45, 7) is 4.47. The highest BCUT2D eigenvalue weighted by Gasteiger charge is 2.36. The molecule has 1 heterocycles. The Kier molecular flexibility index (Phi) is 27.4. The van der Waals surface area contributed by atoms with Gasteiger partial charge in [0.1, 0.15) is 13.2 Å². The van der Waals surface area contributed by atoms with E-state index in [1.165, 1.54) is 57.8 Å². The lowest BCUT2D eigenvalue weighted by atomic mass is 10.1. The number of phosphoric ester groups is 1. The minimum absolute atomic E-state index is 0.0236. The monoisotopic (exact) mass is 737 g/mol. The van der Waals surface area contributed by atoms with Gasteiger partial charge >= 0.3 is 0 Å². The molecule has 1 fully saturated rings. The zero-order valence-corrected chi connectivity index (χ0v) is 33.6. The Labute approximate surface area is 311 Å².